The zero-order valence-corrected chi connectivity index (χ0v) is 11.1. The van der Waals surface area contributed by atoms with E-state index in [2.05, 4.69) is 10.3 Å². The summed E-state index contributed by atoms with van der Waals surface area (Å²) in [5.74, 6) is -0.241. The van der Waals surface area contributed by atoms with Crippen LogP contribution < -0.4 is 5.32 Å². The number of aromatic nitrogens is 1. The number of rotatable bonds is 2. The molecular formula is C17H11N3O. The zero-order valence-electron chi connectivity index (χ0n) is 11.1. The van der Waals surface area contributed by atoms with Crippen molar-refractivity contribution >= 4 is 22.5 Å². The highest BCUT2D eigenvalue weighted by atomic mass is 16.1. The molecule has 4 nitrogen and oxygen atoms in total. The van der Waals surface area contributed by atoms with E-state index >= 15 is 0 Å². The highest BCUT2D eigenvalue weighted by molar-refractivity contribution is 6.11. The van der Waals surface area contributed by atoms with Crippen molar-refractivity contribution in [1.82, 2.24) is 4.98 Å². The Bertz CT molecular complexity index is 860. The normalized spacial score (nSPS) is 10.0. The summed E-state index contributed by atoms with van der Waals surface area (Å²) in [6, 6.07) is 18.1. The molecule has 0 bridgehead atoms. The monoisotopic (exact) mass is 273 g/mol. The first kappa shape index (κ1) is 12.8. The lowest BCUT2D eigenvalue weighted by Gasteiger charge is -2.07. The van der Waals surface area contributed by atoms with Crippen molar-refractivity contribution in [2.24, 2.45) is 0 Å². The van der Waals surface area contributed by atoms with Gasteiger partial charge in [0.25, 0.3) is 5.91 Å². The number of benzene rings is 2. The van der Waals surface area contributed by atoms with E-state index in [0.29, 0.717) is 22.3 Å². The number of nitriles is 1. The summed E-state index contributed by atoms with van der Waals surface area (Å²) in [5.41, 5.74) is 2.26. The molecule has 100 valence electrons. The van der Waals surface area contributed by atoms with Crippen LogP contribution in [0.3, 0.4) is 0 Å². The molecular weight excluding hydrogens is 262 g/mol. The second kappa shape index (κ2) is 5.43. The maximum atomic E-state index is 12.4. The summed E-state index contributed by atoms with van der Waals surface area (Å²) in [4.78, 5) is 16.7. The molecule has 1 heterocycles. The number of fused-ring (bicyclic) bond motifs is 1. The summed E-state index contributed by atoms with van der Waals surface area (Å²) < 4.78 is 0. The third-order valence-electron chi connectivity index (χ3n) is 3.13. The number of amides is 1. The second-order valence-electron chi connectivity index (χ2n) is 4.53. The average molecular weight is 273 g/mol. The fraction of sp³-hybridized carbons (Fsp3) is 0. The number of nitrogens with one attached hydrogen (secondary N) is 1. The molecule has 1 aromatic heterocycles. The number of carbonyl (C=O) groups is 1. The SMILES string of the molecule is N#Cc1cccc(NC(=O)c2cccc3cccnc23)c1. The smallest absolute Gasteiger partial charge is 0.257 e. The van der Waals surface area contributed by atoms with Crippen LogP contribution in [0.1, 0.15) is 15.9 Å². The first-order chi connectivity index (χ1) is 10.3. The van der Waals surface area contributed by atoms with E-state index in [9.17, 15) is 4.79 Å². The summed E-state index contributed by atoms with van der Waals surface area (Å²) in [6.07, 6.45) is 1.66. The van der Waals surface area contributed by atoms with Crippen LogP contribution in [0.2, 0.25) is 0 Å². The lowest BCUT2D eigenvalue weighted by molar-refractivity contribution is 0.102. The quantitative estimate of drug-likeness (QED) is 0.778. The Morgan fingerprint density at radius 3 is 2.76 bits per heavy atom. The number of pyridine rings is 1. The number of hydrogen-bond acceptors (Lipinski definition) is 3. The molecule has 0 aliphatic carbocycles. The first-order valence-electron chi connectivity index (χ1n) is 6.43. The number of carbonyl (C=O) groups excluding carboxylic acids is 1. The number of hydrogen-bond donors (Lipinski definition) is 1. The first-order valence-corrected chi connectivity index (χ1v) is 6.43. The van der Waals surface area contributed by atoms with Crippen molar-refractivity contribution in [3.8, 4) is 6.07 Å². The molecule has 0 radical (unpaired) electrons. The standard InChI is InChI=1S/C17H11N3O/c18-11-12-4-1-7-14(10-12)20-17(21)15-8-2-5-13-6-3-9-19-16(13)15/h1-10H,(H,20,21). The molecule has 0 fully saturated rings. The Morgan fingerprint density at radius 1 is 1.10 bits per heavy atom. The van der Waals surface area contributed by atoms with Gasteiger partial charge in [-0.25, -0.2) is 0 Å². The molecule has 1 amide bonds. The van der Waals surface area contributed by atoms with Crippen molar-refractivity contribution in [2.75, 3.05) is 5.32 Å². The summed E-state index contributed by atoms with van der Waals surface area (Å²) in [6.45, 7) is 0. The Morgan fingerprint density at radius 2 is 1.90 bits per heavy atom. The maximum absolute atomic E-state index is 12.4. The van der Waals surface area contributed by atoms with Crippen molar-refractivity contribution < 1.29 is 4.79 Å². The van der Waals surface area contributed by atoms with E-state index in [0.717, 1.165) is 5.39 Å². The van der Waals surface area contributed by atoms with Crippen molar-refractivity contribution in [2.45, 2.75) is 0 Å². The summed E-state index contributed by atoms with van der Waals surface area (Å²) in [7, 11) is 0. The molecule has 0 aliphatic rings. The Kier molecular flexibility index (Phi) is 3.32. The lowest BCUT2D eigenvalue weighted by atomic mass is 10.1. The predicted octanol–water partition coefficient (Wildman–Crippen LogP) is 3.36. The molecule has 21 heavy (non-hydrogen) atoms. The van der Waals surface area contributed by atoms with Crippen LogP contribution in [0, 0.1) is 11.3 Å². The lowest BCUT2D eigenvalue weighted by Crippen LogP contribution is -2.12. The van der Waals surface area contributed by atoms with E-state index in [4.69, 9.17) is 5.26 Å². The average Bonchev–Trinajstić information content (AvgIpc) is 2.54. The molecule has 0 atom stereocenters. The van der Waals surface area contributed by atoms with E-state index in [-0.39, 0.29) is 5.91 Å². The topological polar surface area (TPSA) is 65.8 Å². The number of anilines is 1. The van der Waals surface area contributed by atoms with E-state index in [1.807, 2.05) is 30.3 Å². The van der Waals surface area contributed by atoms with Gasteiger partial charge in [-0.15, -0.1) is 0 Å². The Labute approximate surface area is 121 Å². The van der Waals surface area contributed by atoms with Gasteiger partial charge in [0.1, 0.15) is 0 Å². The molecule has 3 rings (SSSR count). The van der Waals surface area contributed by atoms with E-state index < -0.39 is 0 Å². The van der Waals surface area contributed by atoms with Crippen molar-refractivity contribution in [1.29, 1.82) is 5.26 Å². The van der Waals surface area contributed by atoms with Gasteiger partial charge >= 0.3 is 0 Å². The van der Waals surface area contributed by atoms with Gasteiger partial charge in [-0.2, -0.15) is 5.26 Å². The molecule has 1 N–H and O–H groups in total. The van der Waals surface area contributed by atoms with E-state index in [1.54, 1.807) is 36.5 Å². The van der Waals surface area contributed by atoms with Crippen LogP contribution in [0.25, 0.3) is 10.9 Å². The van der Waals surface area contributed by atoms with Gasteiger partial charge in [0.15, 0.2) is 0 Å². The molecule has 0 spiro atoms. The van der Waals surface area contributed by atoms with Crippen LogP contribution in [0.5, 0.6) is 0 Å². The van der Waals surface area contributed by atoms with Crippen molar-refractivity contribution in [3.05, 3.63) is 71.9 Å². The zero-order chi connectivity index (χ0) is 14.7. The number of para-hydroxylation sites is 1. The van der Waals surface area contributed by atoms with Crippen LogP contribution in [0.4, 0.5) is 5.69 Å². The summed E-state index contributed by atoms with van der Waals surface area (Å²) >= 11 is 0. The molecule has 2 aromatic carbocycles. The van der Waals surface area contributed by atoms with Crippen LogP contribution in [0.15, 0.2) is 60.8 Å². The van der Waals surface area contributed by atoms with Gasteiger partial charge in [0.2, 0.25) is 0 Å². The second-order valence-corrected chi connectivity index (χ2v) is 4.53. The fourth-order valence-electron chi connectivity index (χ4n) is 2.15. The fourth-order valence-corrected chi connectivity index (χ4v) is 2.15. The van der Waals surface area contributed by atoms with E-state index in [1.165, 1.54) is 0 Å². The molecule has 0 saturated heterocycles. The van der Waals surface area contributed by atoms with Gasteiger partial charge in [0, 0.05) is 17.3 Å². The molecule has 0 unspecified atom stereocenters. The van der Waals surface area contributed by atoms with Gasteiger partial charge in [-0.3, -0.25) is 9.78 Å². The minimum Gasteiger partial charge on any atom is -0.322 e. The van der Waals surface area contributed by atoms with Crippen LogP contribution >= 0.6 is 0 Å². The third kappa shape index (κ3) is 2.58. The highest BCUT2D eigenvalue weighted by Gasteiger charge is 2.11. The van der Waals surface area contributed by atoms with Crippen LogP contribution in [-0.2, 0) is 0 Å². The third-order valence-corrected chi connectivity index (χ3v) is 3.13. The van der Waals surface area contributed by atoms with Gasteiger partial charge in [-0.1, -0.05) is 24.3 Å². The van der Waals surface area contributed by atoms with Gasteiger partial charge < -0.3 is 5.32 Å². The molecule has 0 saturated carbocycles. The molecule has 4 heteroatoms. The number of nitrogens with zero attached hydrogens (tertiary/aromatic N) is 2. The minimum atomic E-state index is -0.241. The van der Waals surface area contributed by atoms with Gasteiger partial charge in [0.05, 0.1) is 22.7 Å². The largest absolute Gasteiger partial charge is 0.322 e. The molecule has 3 aromatic rings. The Hall–Kier alpha value is -3.19. The van der Waals surface area contributed by atoms with Gasteiger partial charge in [-0.05, 0) is 30.3 Å². The van der Waals surface area contributed by atoms with Crippen molar-refractivity contribution in [3.63, 3.8) is 0 Å². The summed E-state index contributed by atoms with van der Waals surface area (Å²) in [5, 5.41) is 12.6. The van der Waals surface area contributed by atoms with Crippen LogP contribution in [-0.4, -0.2) is 10.9 Å². The minimum absolute atomic E-state index is 0.241. The Balaban J connectivity index is 1.96. The maximum Gasteiger partial charge on any atom is 0.257 e. The molecule has 0 aliphatic heterocycles. The highest BCUT2D eigenvalue weighted by Crippen LogP contribution is 2.18. The predicted molar refractivity (Wildman–Crippen MR) is 80.9 cm³/mol.